The van der Waals surface area contributed by atoms with Crippen LogP contribution in [0, 0.1) is 0 Å². The second kappa shape index (κ2) is 6.18. The van der Waals surface area contributed by atoms with E-state index in [1.165, 1.54) is 12.8 Å². The zero-order valence-electron chi connectivity index (χ0n) is 10.9. The van der Waals surface area contributed by atoms with E-state index in [1.54, 1.807) is 0 Å². The van der Waals surface area contributed by atoms with Crippen molar-refractivity contribution in [1.82, 2.24) is 15.0 Å². The molecule has 1 unspecified atom stereocenters. The molecule has 1 fully saturated rings. The Balaban J connectivity index is 2.18. The maximum atomic E-state index is 5.93. The van der Waals surface area contributed by atoms with Gasteiger partial charge in [-0.15, -0.1) is 0 Å². The molecule has 18 heavy (non-hydrogen) atoms. The third-order valence-electron chi connectivity index (χ3n) is 3.12. The standard InChI is InChI=1S/C12H19ClN4O/c1-3-8-18-12-15-10(13)14-11(16-12)17-7-5-6-9(17)4-2/h9H,3-8H2,1-2H3. The number of aromatic nitrogens is 3. The molecule has 6 heteroatoms. The zero-order valence-corrected chi connectivity index (χ0v) is 11.7. The first-order chi connectivity index (χ1) is 8.74. The molecule has 5 nitrogen and oxygen atoms in total. The summed E-state index contributed by atoms with van der Waals surface area (Å²) < 4.78 is 5.43. The van der Waals surface area contributed by atoms with Crippen LogP contribution in [0.5, 0.6) is 6.01 Å². The molecule has 2 heterocycles. The first-order valence-corrected chi connectivity index (χ1v) is 6.93. The Morgan fingerprint density at radius 3 is 2.89 bits per heavy atom. The number of rotatable bonds is 5. The topological polar surface area (TPSA) is 51.1 Å². The summed E-state index contributed by atoms with van der Waals surface area (Å²) in [5, 5.41) is 0.202. The number of hydrogen-bond acceptors (Lipinski definition) is 5. The highest BCUT2D eigenvalue weighted by Gasteiger charge is 2.26. The molecule has 100 valence electrons. The first-order valence-electron chi connectivity index (χ1n) is 6.55. The fraction of sp³-hybridized carbons (Fsp3) is 0.750. The maximum absolute atomic E-state index is 5.93. The molecular formula is C12H19ClN4O. The van der Waals surface area contributed by atoms with Gasteiger partial charge in [-0.3, -0.25) is 0 Å². The second-order valence-electron chi connectivity index (χ2n) is 4.43. The molecule has 1 atom stereocenters. The quantitative estimate of drug-likeness (QED) is 0.823. The lowest BCUT2D eigenvalue weighted by molar-refractivity contribution is 0.291. The van der Waals surface area contributed by atoms with Crippen molar-refractivity contribution in [3.63, 3.8) is 0 Å². The smallest absolute Gasteiger partial charge is 0.322 e. The van der Waals surface area contributed by atoms with E-state index in [0.29, 0.717) is 24.6 Å². The number of nitrogens with zero attached hydrogens (tertiary/aromatic N) is 4. The van der Waals surface area contributed by atoms with Crippen molar-refractivity contribution < 1.29 is 4.74 Å². The van der Waals surface area contributed by atoms with Gasteiger partial charge >= 0.3 is 6.01 Å². The van der Waals surface area contributed by atoms with Crippen LogP contribution in [-0.2, 0) is 0 Å². The monoisotopic (exact) mass is 270 g/mol. The fourth-order valence-corrected chi connectivity index (χ4v) is 2.38. The summed E-state index contributed by atoms with van der Waals surface area (Å²) in [5.74, 6) is 0.644. The molecule has 0 N–H and O–H groups in total. The van der Waals surface area contributed by atoms with Crippen LogP contribution in [-0.4, -0.2) is 34.1 Å². The minimum atomic E-state index is 0.202. The van der Waals surface area contributed by atoms with Gasteiger partial charge in [-0.05, 0) is 37.3 Å². The van der Waals surface area contributed by atoms with Gasteiger partial charge in [0.25, 0.3) is 0 Å². The molecule has 1 aliphatic rings. The highest BCUT2D eigenvalue weighted by molar-refractivity contribution is 6.28. The molecule has 0 aromatic carbocycles. The lowest BCUT2D eigenvalue weighted by atomic mass is 10.2. The molecule has 1 aromatic rings. The molecule has 1 saturated heterocycles. The minimum absolute atomic E-state index is 0.202. The molecule has 0 amide bonds. The summed E-state index contributed by atoms with van der Waals surface area (Å²) in [6.07, 6.45) is 4.37. The van der Waals surface area contributed by atoms with Crippen LogP contribution >= 0.6 is 11.6 Å². The summed E-state index contributed by atoms with van der Waals surface area (Å²) >= 11 is 5.93. The molecule has 2 rings (SSSR count). The summed E-state index contributed by atoms with van der Waals surface area (Å²) in [6.45, 7) is 5.79. The van der Waals surface area contributed by atoms with Crippen molar-refractivity contribution >= 4 is 17.5 Å². The predicted octanol–water partition coefficient (Wildman–Crippen LogP) is 2.69. The molecule has 1 aromatic heterocycles. The summed E-state index contributed by atoms with van der Waals surface area (Å²) in [7, 11) is 0. The van der Waals surface area contributed by atoms with Gasteiger partial charge in [0.05, 0.1) is 6.61 Å². The Morgan fingerprint density at radius 2 is 2.17 bits per heavy atom. The highest BCUT2D eigenvalue weighted by Crippen LogP contribution is 2.26. The van der Waals surface area contributed by atoms with E-state index < -0.39 is 0 Å². The molecule has 0 saturated carbocycles. The Bertz CT molecular complexity index is 402. The van der Waals surface area contributed by atoms with Gasteiger partial charge < -0.3 is 9.64 Å². The highest BCUT2D eigenvalue weighted by atomic mass is 35.5. The number of ether oxygens (including phenoxy) is 1. The number of anilines is 1. The van der Waals surface area contributed by atoms with E-state index in [2.05, 4.69) is 26.8 Å². The van der Waals surface area contributed by atoms with Crippen molar-refractivity contribution in [2.24, 2.45) is 0 Å². The van der Waals surface area contributed by atoms with Crippen LogP contribution in [0.2, 0.25) is 5.28 Å². The Hall–Kier alpha value is -1.10. The lowest BCUT2D eigenvalue weighted by Crippen LogP contribution is -2.30. The van der Waals surface area contributed by atoms with E-state index in [0.717, 1.165) is 19.4 Å². The largest absolute Gasteiger partial charge is 0.463 e. The molecule has 0 spiro atoms. The van der Waals surface area contributed by atoms with Gasteiger partial charge in [-0.25, -0.2) is 0 Å². The van der Waals surface area contributed by atoms with Gasteiger partial charge in [0.15, 0.2) is 0 Å². The van der Waals surface area contributed by atoms with E-state index >= 15 is 0 Å². The second-order valence-corrected chi connectivity index (χ2v) is 4.77. The van der Waals surface area contributed by atoms with Crippen LogP contribution in [0.25, 0.3) is 0 Å². The van der Waals surface area contributed by atoms with E-state index in [-0.39, 0.29) is 5.28 Å². The number of halogens is 1. The Morgan fingerprint density at radius 1 is 1.33 bits per heavy atom. The van der Waals surface area contributed by atoms with E-state index in [4.69, 9.17) is 16.3 Å². The van der Waals surface area contributed by atoms with Crippen molar-refractivity contribution in [1.29, 1.82) is 0 Å². The molecular weight excluding hydrogens is 252 g/mol. The molecule has 0 aliphatic carbocycles. The minimum Gasteiger partial charge on any atom is -0.463 e. The van der Waals surface area contributed by atoms with Crippen LogP contribution in [0.3, 0.4) is 0 Å². The Kier molecular flexibility index (Phi) is 4.58. The third kappa shape index (κ3) is 3.02. The van der Waals surface area contributed by atoms with Crippen LogP contribution in [0.4, 0.5) is 5.95 Å². The lowest BCUT2D eigenvalue weighted by Gasteiger charge is -2.23. The van der Waals surface area contributed by atoms with Gasteiger partial charge in [0, 0.05) is 12.6 Å². The van der Waals surface area contributed by atoms with Crippen molar-refractivity contribution in [2.45, 2.75) is 45.6 Å². The van der Waals surface area contributed by atoms with E-state index in [1.807, 2.05) is 6.92 Å². The Labute approximate surface area is 113 Å². The van der Waals surface area contributed by atoms with Crippen molar-refractivity contribution in [2.75, 3.05) is 18.1 Å². The van der Waals surface area contributed by atoms with Gasteiger partial charge in [0.2, 0.25) is 11.2 Å². The zero-order chi connectivity index (χ0) is 13.0. The van der Waals surface area contributed by atoms with Crippen LogP contribution in [0.1, 0.15) is 39.5 Å². The van der Waals surface area contributed by atoms with Crippen LogP contribution < -0.4 is 9.64 Å². The maximum Gasteiger partial charge on any atom is 0.322 e. The fourth-order valence-electron chi connectivity index (χ4n) is 2.23. The summed E-state index contributed by atoms with van der Waals surface area (Å²) in [5.41, 5.74) is 0. The molecule has 0 bridgehead atoms. The first kappa shape index (κ1) is 13.3. The van der Waals surface area contributed by atoms with Crippen molar-refractivity contribution in [3.05, 3.63) is 5.28 Å². The molecule has 1 aliphatic heterocycles. The molecule has 0 radical (unpaired) electrons. The van der Waals surface area contributed by atoms with Crippen molar-refractivity contribution in [3.8, 4) is 6.01 Å². The van der Waals surface area contributed by atoms with Crippen LogP contribution in [0.15, 0.2) is 0 Å². The van der Waals surface area contributed by atoms with Gasteiger partial charge in [-0.2, -0.15) is 15.0 Å². The van der Waals surface area contributed by atoms with E-state index in [9.17, 15) is 0 Å². The summed E-state index contributed by atoms with van der Waals surface area (Å²) in [6, 6.07) is 0.830. The average Bonchev–Trinajstić information content (AvgIpc) is 2.84. The van der Waals surface area contributed by atoms with Gasteiger partial charge in [-0.1, -0.05) is 13.8 Å². The number of hydrogen-bond donors (Lipinski definition) is 0. The SMILES string of the molecule is CCCOc1nc(Cl)nc(N2CCCC2CC)n1. The normalized spacial score (nSPS) is 19.3. The summed E-state index contributed by atoms with van der Waals surface area (Å²) in [4.78, 5) is 14.7. The average molecular weight is 271 g/mol. The predicted molar refractivity (Wildman–Crippen MR) is 71.3 cm³/mol. The van der Waals surface area contributed by atoms with Gasteiger partial charge in [0.1, 0.15) is 0 Å². The third-order valence-corrected chi connectivity index (χ3v) is 3.29.